The Hall–Kier alpha value is 1.60. The summed E-state index contributed by atoms with van der Waals surface area (Å²) in [6.07, 6.45) is 11.8. The first-order valence-electron chi connectivity index (χ1n) is 5.52. The van der Waals surface area contributed by atoms with E-state index in [9.17, 15) is 0 Å². The molecule has 76 valence electrons. The topological polar surface area (TPSA) is 20.2 Å². The van der Waals surface area contributed by atoms with E-state index >= 15 is 0 Å². The van der Waals surface area contributed by atoms with Crippen LogP contribution in [0.3, 0.4) is 0 Å². The van der Waals surface area contributed by atoms with Gasteiger partial charge in [0.15, 0.2) is 0 Å². The molecule has 0 radical (unpaired) electrons. The number of rotatable bonds is 9. The Morgan fingerprint density at radius 3 is 1.54 bits per heavy atom. The van der Waals surface area contributed by atoms with Crippen LogP contribution in [-0.2, 0) is 0 Å². The SMILES string of the molecule is CCCCCCCCCCCO.[H-].[K+]. The van der Waals surface area contributed by atoms with E-state index in [0.717, 1.165) is 6.42 Å². The first-order chi connectivity index (χ1) is 5.91. The Morgan fingerprint density at radius 2 is 1.15 bits per heavy atom. The first kappa shape index (κ1) is 17.0. The Kier molecular flexibility index (Phi) is 21.0. The summed E-state index contributed by atoms with van der Waals surface area (Å²) in [5.74, 6) is 0. The van der Waals surface area contributed by atoms with E-state index in [4.69, 9.17) is 5.11 Å². The minimum absolute atomic E-state index is 0. The van der Waals surface area contributed by atoms with Crippen molar-refractivity contribution in [2.75, 3.05) is 6.61 Å². The summed E-state index contributed by atoms with van der Waals surface area (Å²) in [5, 5.41) is 8.54. The van der Waals surface area contributed by atoms with Crippen molar-refractivity contribution in [1.82, 2.24) is 0 Å². The maximum absolute atomic E-state index is 8.54. The fourth-order valence-corrected chi connectivity index (χ4v) is 1.42. The molecule has 0 aliphatic rings. The summed E-state index contributed by atoms with van der Waals surface area (Å²) < 4.78 is 0. The molecule has 0 spiro atoms. The molecule has 0 heterocycles. The predicted octanol–water partition coefficient (Wildman–Crippen LogP) is 0.626. The van der Waals surface area contributed by atoms with Crippen molar-refractivity contribution in [3.05, 3.63) is 0 Å². The number of hydrogen-bond acceptors (Lipinski definition) is 1. The fourth-order valence-electron chi connectivity index (χ4n) is 1.42. The normalized spacial score (nSPS) is 9.69. The molecule has 0 bridgehead atoms. The van der Waals surface area contributed by atoms with Crippen LogP contribution in [0.1, 0.15) is 66.1 Å². The molecule has 0 atom stereocenters. The van der Waals surface area contributed by atoms with E-state index in [1.54, 1.807) is 0 Å². The van der Waals surface area contributed by atoms with Gasteiger partial charge in [-0.15, -0.1) is 0 Å². The molecule has 0 amide bonds. The zero-order valence-corrected chi connectivity index (χ0v) is 12.6. The average molecular weight is 212 g/mol. The van der Waals surface area contributed by atoms with E-state index in [2.05, 4.69) is 6.92 Å². The summed E-state index contributed by atoms with van der Waals surface area (Å²) in [5.41, 5.74) is 0. The van der Waals surface area contributed by atoms with Crippen LogP contribution in [0.2, 0.25) is 0 Å². The van der Waals surface area contributed by atoms with Crippen molar-refractivity contribution < 1.29 is 57.9 Å². The van der Waals surface area contributed by atoms with Gasteiger partial charge in [-0.2, -0.15) is 0 Å². The summed E-state index contributed by atoms with van der Waals surface area (Å²) in [6, 6.07) is 0. The maximum atomic E-state index is 8.54. The molecule has 0 fully saturated rings. The van der Waals surface area contributed by atoms with Gasteiger partial charge in [0.2, 0.25) is 0 Å². The fraction of sp³-hybridized carbons (Fsp3) is 1.00. The molecule has 0 aromatic carbocycles. The smallest absolute Gasteiger partial charge is 1.00 e. The average Bonchev–Trinajstić information content (AvgIpc) is 2.10. The molecule has 0 aliphatic heterocycles. The molecule has 0 aromatic rings. The van der Waals surface area contributed by atoms with Gasteiger partial charge in [0.1, 0.15) is 0 Å². The van der Waals surface area contributed by atoms with Crippen LogP contribution in [0.15, 0.2) is 0 Å². The van der Waals surface area contributed by atoms with E-state index in [1.807, 2.05) is 0 Å². The van der Waals surface area contributed by atoms with Crippen LogP contribution in [0.4, 0.5) is 0 Å². The Bertz CT molecular complexity index is 71.7. The van der Waals surface area contributed by atoms with Gasteiger partial charge in [0.25, 0.3) is 0 Å². The van der Waals surface area contributed by atoms with Crippen molar-refractivity contribution in [3.63, 3.8) is 0 Å². The van der Waals surface area contributed by atoms with E-state index in [1.165, 1.54) is 51.4 Å². The molecule has 0 saturated carbocycles. The third-order valence-corrected chi connectivity index (χ3v) is 2.26. The summed E-state index contributed by atoms with van der Waals surface area (Å²) >= 11 is 0. The van der Waals surface area contributed by atoms with Gasteiger partial charge in [-0.1, -0.05) is 58.3 Å². The molecule has 2 heteroatoms. The predicted molar refractivity (Wildman–Crippen MR) is 55.4 cm³/mol. The van der Waals surface area contributed by atoms with Gasteiger partial charge < -0.3 is 6.53 Å². The zero-order valence-electron chi connectivity index (χ0n) is 10.5. The Morgan fingerprint density at radius 1 is 0.769 bits per heavy atom. The van der Waals surface area contributed by atoms with Crippen molar-refractivity contribution in [2.24, 2.45) is 0 Å². The van der Waals surface area contributed by atoms with E-state index in [-0.39, 0.29) is 52.8 Å². The van der Waals surface area contributed by atoms with Crippen molar-refractivity contribution >= 4 is 0 Å². The summed E-state index contributed by atoms with van der Waals surface area (Å²) in [4.78, 5) is 0. The van der Waals surface area contributed by atoms with Crippen LogP contribution in [0.5, 0.6) is 0 Å². The van der Waals surface area contributed by atoms with Gasteiger partial charge in [-0.05, 0) is 6.42 Å². The van der Waals surface area contributed by atoms with Crippen LogP contribution >= 0.6 is 0 Å². The van der Waals surface area contributed by atoms with Crippen LogP contribution < -0.4 is 51.4 Å². The minimum atomic E-state index is 0. The van der Waals surface area contributed by atoms with E-state index in [0.29, 0.717) is 6.61 Å². The Balaban J connectivity index is -0.000000605. The summed E-state index contributed by atoms with van der Waals surface area (Å²) in [6.45, 7) is 2.62. The van der Waals surface area contributed by atoms with Gasteiger partial charge in [-0.3, -0.25) is 0 Å². The standard InChI is InChI=1S/C11H24O.K.H/c1-2-3-4-5-6-7-8-9-10-11-12;;/h12H,2-11H2,1H3;;/q;+1;-1. The van der Waals surface area contributed by atoms with Crippen molar-refractivity contribution in [2.45, 2.75) is 64.7 Å². The van der Waals surface area contributed by atoms with Crippen LogP contribution in [0, 0.1) is 0 Å². The number of aliphatic hydroxyl groups is 1. The van der Waals surface area contributed by atoms with E-state index < -0.39 is 0 Å². The molecular formula is C11H25KO. The molecule has 0 rings (SSSR count). The van der Waals surface area contributed by atoms with Crippen molar-refractivity contribution in [3.8, 4) is 0 Å². The van der Waals surface area contributed by atoms with Gasteiger partial charge >= 0.3 is 51.4 Å². The number of hydrogen-bond donors (Lipinski definition) is 1. The quantitative estimate of drug-likeness (QED) is 0.439. The number of aliphatic hydroxyl groups excluding tert-OH is 1. The Labute approximate surface area is 128 Å². The second kappa shape index (κ2) is 16.0. The second-order valence-electron chi connectivity index (χ2n) is 3.55. The molecule has 13 heavy (non-hydrogen) atoms. The third-order valence-electron chi connectivity index (χ3n) is 2.26. The molecule has 0 aliphatic carbocycles. The molecular weight excluding hydrogens is 187 g/mol. The maximum Gasteiger partial charge on any atom is 1.00 e. The van der Waals surface area contributed by atoms with Gasteiger partial charge in [0.05, 0.1) is 0 Å². The van der Waals surface area contributed by atoms with Crippen LogP contribution in [-0.4, -0.2) is 11.7 Å². The molecule has 1 N–H and O–H groups in total. The molecule has 0 aromatic heterocycles. The molecule has 0 unspecified atom stereocenters. The monoisotopic (exact) mass is 212 g/mol. The molecule has 1 nitrogen and oxygen atoms in total. The van der Waals surface area contributed by atoms with Crippen LogP contribution in [0.25, 0.3) is 0 Å². The minimum Gasteiger partial charge on any atom is -1.00 e. The number of unbranched alkanes of at least 4 members (excludes halogenated alkanes) is 8. The molecule has 0 saturated heterocycles. The van der Waals surface area contributed by atoms with Gasteiger partial charge in [-0.25, -0.2) is 0 Å². The van der Waals surface area contributed by atoms with Crippen molar-refractivity contribution in [1.29, 1.82) is 0 Å². The third kappa shape index (κ3) is 16.3. The second-order valence-corrected chi connectivity index (χ2v) is 3.55. The zero-order chi connectivity index (χ0) is 9.07. The summed E-state index contributed by atoms with van der Waals surface area (Å²) in [7, 11) is 0. The first-order valence-corrected chi connectivity index (χ1v) is 5.52. The largest absolute Gasteiger partial charge is 1.00 e. The van der Waals surface area contributed by atoms with Gasteiger partial charge in [0, 0.05) is 6.61 Å².